The largest absolute Gasteiger partial charge is 0.478 e. The minimum atomic E-state index is -1.42. The number of hydrogen-bond donors (Lipinski definition) is 1. The van der Waals surface area contributed by atoms with E-state index < -0.39 is 33.8 Å². The van der Waals surface area contributed by atoms with Crippen LogP contribution in [0.2, 0.25) is 0 Å². The topological polar surface area (TPSA) is 93.3 Å². The molecule has 0 aliphatic rings. The third-order valence-corrected chi connectivity index (χ3v) is 2.72. The molecule has 0 atom stereocenters. The molecule has 112 valence electrons. The van der Waals surface area contributed by atoms with Crippen LogP contribution in [-0.2, 0) is 0 Å². The highest BCUT2D eigenvalue weighted by atomic mass is 19.1. The monoisotopic (exact) mass is 306 g/mol. The van der Waals surface area contributed by atoms with E-state index in [1.54, 1.807) is 0 Å². The van der Waals surface area contributed by atoms with Crippen LogP contribution in [0, 0.1) is 21.7 Å². The zero-order chi connectivity index (χ0) is 16.3. The summed E-state index contributed by atoms with van der Waals surface area (Å²) in [5, 5.41) is 19.6. The van der Waals surface area contributed by atoms with Crippen LogP contribution in [0.15, 0.2) is 30.5 Å². The van der Waals surface area contributed by atoms with Gasteiger partial charge in [-0.15, -0.1) is 0 Å². The molecule has 0 fully saturated rings. The average molecular weight is 306 g/mol. The van der Waals surface area contributed by atoms with Gasteiger partial charge in [0.1, 0.15) is 17.8 Å². The number of carboxylic acids is 1. The maximum Gasteiger partial charge on any atom is 0.338 e. The quantitative estimate of drug-likeness (QED) is 0.692. The summed E-state index contributed by atoms with van der Waals surface area (Å²) in [6.45, 7) is 0. The summed E-state index contributed by atoms with van der Waals surface area (Å²) in [6.07, 6.45) is 3.16. The Hall–Kier alpha value is -3.16. The molecule has 0 saturated carbocycles. The summed E-state index contributed by atoms with van der Waals surface area (Å²) in [7, 11) is 0. The van der Waals surface area contributed by atoms with Crippen LogP contribution in [-0.4, -0.2) is 21.0 Å². The van der Waals surface area contributed by atoms with Gasteiger partial charge in [-0.05, 0) is 30.4 Å². The second-order valence-corrected chi connectivity index (χ2v) is 4.19. The molecule has 0 radical (unpaired) electrons. The van der Waals surface area contributed by atoms with E-state index in [9.17, 15) is 23.7 Å². The summed E-state index contributed by atoms with van der Waals surface area (Å²) in [4.78, 5) is 24.6. The fraction of sp³-hybridized carbons (Fsp3) is 0. The van der Waals surface area contributed by atoms with Crippen LogP contribution in [0.5, 0.6) is 0 Å². The van der Waals surface area contributed by atoms with Gasteiger partial charge in [0.15, 0.2) is 0 Å². The Morgan fingerprint density at radius 2 is 2.00 bits per heavy atom. The van der Waals surface area contributed by atoms with Gasteiger partial charge in [0, 0.05) is 11.6 Å². The average Bonchev–Trinajstić information content (AvgIpc) is 2.47. The number of carbonyl (C=O) groups is 1. The fourth-order valence-corrected chi connectivity index (χ4v) is 1.68. The number of nitrogens with zero attached hydrogens (tertiary/aromatic N) is 2. The Kier molecular flexibility index (Phi) is 4.21. The molecule has 1 heterocycles. The van der Waals surface area contributed by atoms with Gasteiger partial charge in [-0.2, -0.15) is 0 Å². The predicted octanol–water partition coefficient (Wildman–Crippen LogP) is 3.14. The summed E-state index contributed by atoms with van der Waals surface area (Å²) in [5.74, 6) is -2.77. The van der Waals surface area contributed by atoms with Crippen molar-refractivity contribution in [3.8, 4) is 0 Å². The van der Waals surface area contributed by atoms with Crippen molar-refractivity contribution < 1.29 is 23.6 Å². The van der Waals surface area contributed by atoms with Crippen LogP contribution in [0.25, 0.3) is 12.2 Å². The van der Waals surface area contributed by atoms with Crippen molar-refractivity contribution in [1.82, 2.24) is 4.98 Å². The number of benzene rings is 1. The van der Waals surface area contributed by atoms with Crippen LogP contribution in [0.1, 0.15) is 21.6 Å². The first-order valence-corrected chi connectivity index (χ1v) is 5.89. The third-order valence-electron chi connectivity index (χ3n) is 2.72. The lowest BCUT2D eigenvalue weighted by Gasteiger charge is -2.01. The lowest BCUT2D eigenvalue weighted by atomic mass is 10.1. The Bertz CT molecular complexity index is 790. The van der Waals surface area contributed by atoms with Crippen molar-refractivity contribution >= 4 is 23.8 Å². The van der Waals surface area contributed by atoms with E-state index in [1.165, 1.54) is 0 Å². The molecule has 0 unspecified atom stereocenters. The number of aromatic carboxylic acids is 1. The molecule has 2 rings (SSSR count). The Balaban J connectivity index is 2.44. The summed E-state index contributed by atoms with van der Waals surface area (Å²) < 4.78 is 26.5. The molecular formula is C14H8F2N2O4. The zero-order valence-electron chi connectivity index (χ0n) is 10.9. The number of carboxylic acid groups (broad SMARTS) is 1. The minimum absolute atomic E-state index is 0.100. The molecule has 0 bridgehead atoms. The molecule has 1 N–H and O–H groups in total. The maximum absolute atomic E-state index is 13.5. The lowest BCUT2D eigenvalue weighted by Crippen LogP contribution is -2.03. The number of halogens is 2. The van der Waals surface area contributed by atoms with E-state index in [4.69, 9.17) is 5.11 Å². The van der Waals surface area contributed by atoms with Gasteiger partial charge in [-0.25, -0.2) is 18.6 Å². The van der Waals surface area contributed by atoms with E-state index in [0.29, 0.717) is 0 Å². The van der Waals surface area contributed by atoms with Gasteiger partial charge >= 0.3 is 5.97 Å². The Morgan fingerprint density at radius 3 is 2.64 bits per heavy atom. The van der Waals surface area contributed by atoms with Gasteiger partial charge in [-0.3, -0.25) is 10.1 Å². The molecule has 6 nitrogen and oxygen atoms in total. The third kappa shape index (κ3) is 3.29. The molecular weight excluding hydrogens is 298 g/mol. The molecule has 0 aliphatic carbocycles. The second-order valence-electron chi connectivity index (χ2n) is 4.19. The van der Waals surface area contributed by atoms with Crippen molar-refractivity contribution in [3.63, 3.8) is 0 Å². The number of nitro groups is 1. The van der Waals surface area contributed by atoms with Crippen LogP contribution in [0.4, 0.5) is 14.5 Å². The highest BCUT2D eigenvalue weighted by Gasteiger charge is 2.16. The first-order valence-electron chi connectivity index (χ1n) is 5.89. The Morgan fingerprint density at radius 1 is 1.27 bits per heavy atom. The van der Waals surface area contributed by atoms with Gasteiger partial charge in [0.25, 0.3) is 5.69 Å². The van der Waals surface area contributed by atoms with E-state index >= 15 is 0 Å². The molecule has 0 saturated heterocycles. The first kappa shape index (κ1) is 15.2. The van der Waals surface area contributed by atoms with Crippen molar-refractivity contribution in [2.75, 3.05) is 0 Å². The molecule has 0 amide bonds. The highest BCUT2D eigenvalue weighted by molar-refractivity contribution is 5.93. The normalized spacial score (nSPS) is 10.8. The Labute approximate surface area is 122 Å². The number of rotatable bonds is 4. The minimum Gasteiger partial charge on any atom is -0.478 e. The van der Waals surface area contributed by atoms with E-state index in [1.807, 2.05) is 0 Å². The maximum atomic E-state index is 13.5. The highest BCUT2D eigenvalue weighted by Crippen LogP contribution is 2.19. The van der Waals surface area contributed by atoms with E-state index in [2.05, 4.69) is 4.98 Å². The van der Waals surface area contributed by atoms with Gasteiger partial charge in [-0.1, -0.05) is 0 Å². The molecule has 0 aliphatic heterocycles. The van der Waals surface area contributed by atoms with Gasteiger partial charge < -0.3 is 5.11 Å². The predicted molar refractivity (Wildman–Crippen MR) is 73.1 cm³/mol. The summed E-state index contributed by atoms with van der Waals surface area (Å²) in [6, 6.07) is 3.64. The second kappa shape index (κ2) is 6.08. The van der Waals surface area contributed by atoms with Gasteiger partial charge in [0.2, 0.25) is 0 Å². The number of aromatic nitrogens is 1. The number of hydrogen-bond acceptors (Lipinski definition) is 4. The van der Waals surface area contributed by atoms with Crippen molar-refractivity contribution in [3.05, 3.63) is 69.0 Å². The molecule has 0 spiro atoms. The van der Waals surface area contributed by atoms with Crippen molar-refractivity contribution in [2.24, 2.45) is 0 Å². The smallest absolute Gasteiger partial charge is 0.338 e. The number of pyridine rings is 1. The summed E-state index contributed by atoms with van der Waals surface area (Å²) >= 11 is 0. The SMILES string of the molecule is O=C(O)c1cc([N+](=O)[O-])cnc1C=Cc1cc(F)ccc1F. The molecule has 22 heavy (non-hydrogen) atoms. The summed E-state index contributed by atoms with van der Waals surface area (Å²) in [5.41, 5.74) is -1.10. The standard InChI is InChI=1S/C14H8F2N2O4/c15-9-2-3-12(16)8(5-9)1-4-13-11(14(19)20)6-10(7-17-13)18(21)22/h1-7H,(H,19,20). The lowest BCUT2D eigenvalue weighted by molar-refractivity contribution is -0.385. The molecule has 8 heteroatoms. The first-order chi connectivity index (χ1) is 10.4. The van der Waals surface area contributed by atoms with Crippen LogP contribution >= 0.6 is 0 Å². The molecule has 1 aromatic carbocycles. The van der Waals surface area contributed by atoms with Crippen molar-refractivity contribution in [2.45, 2.75) is 0 Å². The van der Waals surface area contributed by atoms with Gasteiger partial charge in [0.05, 0.1) is 16.2 Å². The van der Waals surface area contributed by atoms with E-state index in [0.717, 1.165) is 42.6 Å². The zero-order valence-corrected chi connectivity index (χ0v) is 10.9. The van der Waals surface area contributed by atoms with Crippen molar-refractivity contribution in [1.29, 1.82) is 0 Å². The fourth-order valence-electron chi connectivity index (χ4n) is 1.68. The van der Waals surface area contributed by atoms with E-state index in [-0.39, 0.29) is 11.3 Å². The molecule has 2 aromatic rings. The molecule has 1 aromatic heterocycles. The van der Waals surface area contributed by atoms with Crippen LogP contribution in [0.3, 0.4) is 0 Å². The van der Waals surface area contributed by atoms with Crippen LogP contribution < -0.4 is 0 Å².